The van der Waals surface area contributed by atoms with Crippen LogP contribution in [0.15, 0.2) is 0 Å². The molecule has 1 atom stereocenters. The van der Waals surface area contributed by atoms with Gasteiger partial charge in [-0.1, -0.05) is 0 Å². The number of nitrogens with zero attached hydrogens (tertiary/aromatic N) is 4. The normalized spacial score (nSPS) is 17.6. The third kappa shape index (κ3) is 4.63. The molecule has 26 heavy (non-hydrogen) atoms. The van der Waals surface area contributed by atoms with Gasteiger partial charge in [0.25, 0.3) is 5.91 Å². The van der Waals surface area contributed by atoms with Crippen molar-refractivity contribution in [2.24, 2.45) is 0 Å². The van der Waals surface area contributed by atoms with E-state index >= 15 is 0 Å². The molecular formula is C19H33N5O2. The lowest BCUT2D eigenvalue weighted by Gasteiger charge is -2.26. The lowest BCUT2D eigenvalue weighted by Crippen LogP contribution is -2.40. The van der Waals surface area contributed by atoms with Gasteiger partial charge in [-0.3, -0.25) is 14.3 Å². The Morgan fingerprint density at radius 3 is 2.62 bits per heavy atom. The van der Waals surface area contributed by atoms with Crippen LogP contribution in [0.2, 0.25) is 0 Å². The smallest absolute Gasteiger partial charge is 0.255 e. The van der Waals surface area contributed by atoms with Crippen molar-refractivity contribution in [1.82, 2.24) is 24.9 Å². The summed E-state index contributed by atoms with van der Waals surface area (Å²) in [5.41, 5.74) is 2.33. The van der Waals surface area contributed by atoms with Gasteiger partial charge in [0, 0.05) is 43.8 Å². The van der Waals surface area contributed by atoms with E-state index in [0.29, 0.717) is 18.5 Å². The molecule has 0 spiro atoms. The van der Waals surface area contributed by atoms with Gasteiger partial charge in [-0.25, -0.2) is 0 Å². The number of carbonyl (C=O) groups is 2. The number of carbonyl (C=O) groups excluding carboxylic acids is 2. The fourth-order valence-corrected chi connectivity index (χ4v) is 3.64. The minimum atomic E-state index is -0.0731. The van der Waals surface area contributed by atoms with Gasteiger partial charge in [0.1, 0.15) is 0 Å². The number of likely N-dealkylation sites (N-methyl/N-ethyl adjacent to an activating group) is 1. The van der Waals surface area contributed by atoms with Gasteiger partial charge < -0.3 is 15.1 Å². The zero-order valence-electron chi connectivity index (χ0n) is 17.0. The van der Waals surface area contributed by atoms with Gasteiger partial charge in [-0.05, 0) is 54.6 Å². The third-order valence-electron chi connectivity index (χ3n) is 5.04. The second-order valence-corrected chi connectivity index (χ2v) is 7.71. The minimum Gasteiger partial charge on any atom is -0.352 e. The Labute approximate surface area is 156 Å². The first kappa shape index (κ1) is 20.4. The summed E-state index contributed by atoms with van der Waals surface area (Å²) >= 11 is 0. The number of rotatable bonds is 8. The van der Waals surface area contributed by atoms with Crippen molar-refractivity contribution < 1.29 is 9.59 Å². The second-order valence-electron chi connectivity index (χ2n) is 7.71. The van der Waals surface area contributed by atoms with Crippen LogP contribution in [0.3, 0.4) is 0 Å². The van der Waals surface area contributed by atoms with Crippen LogP contribution in [-0.4, -0.2) is 71.2 Å². The van der Waals surface area contributed by atoms with E-state index in [1.54, 1.807) is 0 Å². The van der Waals surface area contributed by atoms with Crippen LogP contribution >= 0.6 is 0 Å². The molecule has 1 aliphatic heterocycles. The van der Waals surface area contributed by atoms with Crippen LogP contribution in [0.25, 0.3) is 0 Å². The molecule has 2 rings (SSSR count). The molecule has 7 nitrogen and oxygen atoms in total. The fourth-order valence-electron chi connectivity index (χ4n) is 3.64. The molecule has 1 aliphatic rings. The number of nitrogens with one attached hydrogen (secondary N) is 1. The molecule has 0 aromatic carbocycles. The molecule has 1 N–H and O–H groups in total. The molecule has 1 aromatic heterocycles. The Morgan fingerprint density at radius 1 is 1.35 bits per heavy atom. The van der Waals surface area contributed by atoms with Gasteiger partial charge in [0.2, 0.25) is 5.91 Å². The van der Waals surface area contributed by atoms with E-state index in [1.165, 1.54) is 0 Å². The minimum absolute atomic E-state index is 0.0731. The number of likely N-dealkylation sites (tertiary alicyclic amines) is 1. The zero-order valence-corrected chi connectivity index (χ0v) is 17.0. The van der Waals surface area contributed by atoms with Crippen molar-refractivity contribution in [1.29, 1.82) is 0 Å². The molecule has 1 saturated heterocycles. The first-order valence-corrected chi connectivity index (χ1v) is 9.50. The first-order chi connectivity index (χ1) is 12.2. The summed E-state index contributed by atoms with van der Waals surface area (Å²) in [5.74, 6) is 0.157. The van der Waals surface area contributed by atoms with Crippen molar-refractivity contribution in [3.8, 4) is 0 Å². The number of hydrogen-bond donors (Lipinski definition) is 1. The molecule has 2 amide bonds. The molecular weight excluding hydrogens is 330 g/mol. The highest BCUT2D eigenvalue weighted by molar-refractivity contribution is 5.96. The molecule has 0 radical (unpaired) electrons. The molecule has 0 unspecified atom stereocenters. The fraction of sp³-hybridized carbons (Fsp3) is 0.737. The Hall–Kier alpha value is -1.89. The van der Waals surface area contributed by atoms with Crippen molar-refractivity contribution in [2.75, 3.05) is 33.7 Å². The van der Waals surface area contributed by atoms with Gasteiger partial charge >= 0.3 is 0 Å². The highest BCUT2D eigenvalue weighted by Crippen LogP contribution is 2.21. The Bertz CT molecular complexity index is 651. The summed E-state index contributed by atoms with van der Waals surface area (Å²) in [6.07, 6.45) is 2.29. The Balaban J connectivity index is 1.91. The van der Waals surface area contributed by atoms with Crippen LogP contribution in [0, 0.1) is 13.8 Å². The molecule has 1 fully saturated rings. The molecule has 2 heterocycles. The topological polar surface area (TPSA) is 70.5 Å². The number of aromatic nitrogens is 2. The van der Waals surface area contributed by atoms with E-state index in [9.17, 15) is 9.59 Å². The molecule has 7 heteroatoms. The molecule has 0 aliphatic carbocycles. The lowest BCUT2D eigenvalue weighted by molar-refractivity contribution is -0.129. The summed E-state index contributed by atoms with van der Waals surface area (Å²) in [7, 11) is 4.02. The van der Waals surface area contributed by atoms with E-state index in [2.05, 4.69) is 29.2 Å². The van der Waals surface area contributed by atoms with E-state index in [0.717, 1.165) is 37.3 Å². The number of amides is 2. The largest absolute Gasteiger partial charge is 0.352 e. The SMILES string of the molecule is Cc1nn(C(C)C)c(C)c1C(=O)NCC[C@@H]1CCC(=O)N1CCN(C)C. The lowest BCUT2D eigenvalue weighted by atomic mass is 10.1. The van der Waals surface area contributed by atoms with Crippen molar-refractivity contribution in [3.63, 3.8) is 0 Å². The first-order valence-electron chi connectivity index (χ1n) is 9.50. The summed E-state index contributed by atoms with van der Waals surface area (Å²) in [5, 5.41) is 7.50. The summed E-state index contributed by atoms with van der Waals surface area (Å²) in [6, 6.07) is 0.452. The average Bonchev–Trinajstić information content (AvgIpc) is 3.05. The van der Waals surface area contributed by atoms with E-state index in [1.807, 2.05) is 37.5 Å². The predicted molar refractivity (Wildman–Crippen MR) is 102 cm³/mol. The summed E-state index contributed by atoms with van der Waals surface area (Å²) < 4.78 is 1.89. The third-order valence-corrected chi connectivity index (χ3v) is 5.04. The van der Waals surface area contributed by atoms with Gasteiger partial charge in [-0.15, -0.1) is 0 Å². The maximum absolute atomic E-state index is 12.6. The van der Waals surface area contributed by atoms with E-state index < -0.39 is 0 Å². The quantitative estimate of drug-likeness (QED) is 0.764. The van der Waals surface area contributed by atoms with Crippen molar-refractivity contribution >= 4 is 11.8 Å². The van der Waals surface area contributed by atoms with E-state index in [-0.39, 0.29) is 23.9 Å². The molecule has 1 aromatic rings. The van der Waals surface area contributed by atoms with Gasteiger partial charge in [0.15, 0.2) is 0 Å². The van der Waals surface area contributed by atoms with Gasteiger partial charge in [-0.2, -0.15) is 5.10 Å². The molecule has 0 bridgehead atoms. The highest BCUT2D eigenvalue weighted by Gasteiger charge is 2.30. The zero-order chi connectivity index (χ0) is 19.4. The maximum atomic E-state index is 12.6. The van der Waals surface area contributed by atoms with Gasteiger partial charge in [0.05, 0.1) is 11.3 Å². The second kappa shape index (κ2) is 8.66. The van der Waals surface area contributed by atoms with Crippen LogP contribution in [0.5, 0.6) is 0 Å². The predicted octanol–water partition coefficient (Wildman–Crippen LogP) is 1.75. The molecule has 146 valence electrons. The number of hydrogen-bond acceptors (Lipinski definition) is 4. The van der Waals surface area contributed by atoms with Crippen LogP contribution < -0.4 is 5.32 Å². The monoisotopic (exact) mass is 363 g/mol. The molecule has 0 saturated carbocycles. The van der Waals surface area contributed by atoms with Crippen LogP contribution in [0.1, 0.15) is 60.9 Å². The average molecular weight is 364 g/mol. The summed E-state index contributed by atoms with van der Waals surface area (Å²) in [4.78, 5) is 28.7. The summed E-state index contributed by atoms with van der Waals surface area (Å²) in [6.45, 7) is 10.1. The van der Waals surface area contributed by atoms with Crippen molar-refractivity contribution in [2.45, 2.75) is 59.0 Å². The highest BCUT2D eigenvalue weighted by atomic mass is 16.2. The standard InChI is InChI=1S/C19H33N5O2/c1-13(2)24-15(4)18(14(3)21-24)19(26)20-10-9-16-7-8-17(25)23(16)12-11-22(5)6/h13,16H,7-12H2,1-6H3,(H,20,26)/t16-/m0/s1. The van der Waals surface area contributed by atoms with E-state index in [4.69, 9.17) is 0 Å². The number of aryl methyl sites for hydroxylation is 1. The Kier molecular flexibility index (Phi) is 6.81. The Morgan fingerprint density at radius 2 is 2.04 bits per heavy atom. The van der Waals surface area contributed by atoms with Crippen LogP contribution in [0.4, 0.5) is 0 Å². The van der Waals surface area contributed by atoms with Crippen molar-refractivity contribution in [3.05, 3.63) is 17.0 Å². The van der Waals surface area contributed by atoms with Crippen LogP contribution in [-0.2, 0) is 4.79 Å². The maximum Gasteiger partial charge on any atom is 0.255 e.